The highest BCUT2D eigenvalue weighted by molar-refractivity contribution is 5.57. The van der Waals surface area contributed by atoms with Gasteiger partial charge in [0, 0.05) is 24.3 Å². The number of nitrogens with one attached hydrogen (secondary N) is 1. The maximum Gasteiger partial charge on any atom is 0.122 e. The molecule has 0 bridgehead atoms. The molecule has 96 valence electrons. The van der Waals surface area contributed by atoms with Gasteiger partial charge in [0.25, 0.3) is 0 Å². The monoisotopic (exact) mass is 237 g/mol. The van der Waals surface area contributed by atoms with E-state index in [1.807, 2.05) is 26.8 Å². The summed E-state index contributed by atoms with van der Waals surface area (Å²) < 4.78 is 5.28. The summed E-state index contributed by atoms with van der Waals surface area (Å²) in [7, 11) is 1.68. The van der Waals surface area contributed by atoms with Crippen LogP contribution in [0.15, 0.2) is 12.1 Å². The van der Waals surface area contributed by atoms with E-state index >= 15 is 0 Å². The highest BCUT2D eigenvalue weighted by Crippen LogP contribution is 2.26. The number of ether oxygens (including phenoxy) is 1. The Morgan fingerprint density at radius 1 is 1.24 bits per heavy atom. The summed E-state index contributed by atoms with van der Waals surface area (Å²) in [5, 5.41) is 12.6. The maximum absolute atomic E-state index is 9.22. The van der Waals surface area contributed by atoms with Crippen LogP contribution in [0, 0.1) is 19.3 Å². The number of methoxy groups -OCH3 is 1. The van der Waals surface area contributed by atoms with E-state index in [2.05, 4.69) is 18.3 Å². The van der Waals surface area contributed by atoms with E-state index < -0.39 is 0 Å². The molecule has 0 aliphatic carbocycles. The first-order chi connectivity index (χ1) is 7.89. The average molecular weight is 237 g/mol. The fraction of sp³-hybridized carbons (Fsp3) is 0.571. The molecule has 1 aromatic rings. The third-order valence-electron chi connectivity index (χ3n) is 2.93. The minimum absolute atomic E-state index is 0.111. The van der Waals surface area contributed by atoms with Crippen molar-refractivity contribution in [2.75, 3.05) is 25.6 Å². The lowest BCUT2D eigenvalue weighted by Crippen LogP contribution is -2.27. The van der Waals surface area contributed by atoms with Crippen LogP contribution in [0.4, 0.5) is 5.69 Å². The van der Waals surface area contributed by atoms with Gasteiger partial charge in [0.15, 0.2) is 0 Å². The number of benzene rings is 1. The van der Waals surface area contributed by atoms with Gasteiger partial charge in [0.05, 0.1) is 7.11 Å². The smallest absolute Gasteiger partial charge is 0.122 e. The van der Waals surface area contributed by atoms with Gasteiger partial charge in [-0.15, -0.1) is 0 Å². The molecule has 0 aromatic heterocycles. The third-order valence-corrected chi connectivity index (χ3v) is 2.93. The Bertz CT molecular complexity index is 386. The van der Waals surface area contributed by atoms with Crippen LogP contribution in [0.2, 0.25) is 0 Å². The predicted octanol–water partition coefficient (Wildman–Crippen LogP) is 2.74. The van der Waals surface area contributed by atoms with Crippen LogP contribution in [0.25, 0.3) is 0 Å². The molecule has 0 saturated carbocycles. The number of aliphatic hydroxyl groups excluding tert-OH is 1. The highest BCUT2D eigenvalue weighted by atomic mass is 16.5. The van der Waals surface area contributed by atoms with E-state index in [4.69, 9.17) is 4.74 Å². The number of aryl methyl sites for hydroxylation is 2. The molecule has 0 atom stereocenters. The Morgan fingerprint density at radius 3 is 2.41 bits per heavy atom. The Kier molecular flexibility index (Phi) is 4.40. The fourth-order valence-corrected chi connectivity index (χ4v) is 1.59. The van der Waals surface area contributed by atoms with E-state index in [1.54, 1.807) is 7.11 Å². The Labute approximate surface area is 104 Å². The molecular formula is C14H23NO2. The van der Waals surface area contributed by atoms with Crippen molar-refractivity contribution < 1.29 is 9.84 Å². The summed E-state index contributed by atoms with van der Waals surface area (Å²) in [5.74, 6) is 0.912. The molecular weight excluding hydrogens is 214 g/mol. The lowest BCUT2D eigenvalue weighted by molar-refractivity contribution is 0.171. The third kappa shape index (κ3) is 3.63. The SMILES string of the molecule is COc1cc(C)c(NCC(C)(C)CO)cc1C. The molecule has 0 unspecified atom stereocenters. The van der Waals surface area contributed by atoms with E-state index in [1.165, 1.54) is 0 Å². The summed E-state index contributed by atoms with van der Waals surface area (Å²) in [4.78, 5) is 0. The van der Waals surface area contributed by atoms with Crippen molar-refractivity contribution in [1.29, 1.82) is 0 Å². The first kappa shape index (κ1) is 13.8. The van der Waals surface area contributed by atoms with Gasteiger partial charge >= 0.3 is 0 Å². The normalized spacial score (nSPS) is 11.4. The van der Waals surface area contributed by atoms with Crippen molar-refractivity contribution in [2.24, 2.45) is 5.41 Å². The van der Waals surface area contributed by atoms with E-state index in [0.29, 0.717) is 0 Å². The van der Waals surface area contributed by atoms with Crippen molar-refractivity contribution in [1.82, 2.24) is 0 Å². The molecule has 1 aromatic carbocycles. The summed E-state index contributed by atoms with van der Waals surface area (Å²) in [6, 6.07) is 4.12. The van der Waals surface area contributed by atoms with Crippen LogP contribution in [0.5, 0.6) is 5.75 Å². The Balaban J connectivity index is 2.82. The maximum atomic E-state index is 9.22. The molecule has 0 radical (unpaired) electrons. The molecule has 3 nitrogen and oxygen atoms in total. The second-order valence-corrected chi connectivity index (χ2v) is 5.31. The Morgan fingerprint density at radius 2 is 1.88 bits per heavy atom. The second-order valence-electron chi connectivity index (χ2n) is 5.31. The van der Waals surface area contributed by atoms with Gasteiger partial charge in [-0.05, 0) is 37.1 Å². The van der Waals surface area contributed by atoms with E-state index in [0.717, 1.165) is 29.1 Å². The van der Waals surface area contributed by atoms with Crippen LogP contribution < -0.4 is 10.1 Å². The molecule has 0 fully saturated rings. The second kappa shape index (κ2) is 5.41. The van der Waals surface area contributed by atoms with Crippen LogP contribution >= 0.6 is 0 Å². The zero-order valence-corrected chi connectivity index (χ0v) is 11.4. The van der Waals surface area contributed by atoms with Gasteiger partial charge in [0.2, 0.25) is 0 Å². The first-order valence-electron chi connectivity index (χ1n) is 5.89. The van der Waals surface area contributed by atoms with Crippen molar-refractivity contribution >= 4 is 5.69 Å². The summed E-state index contributed by atoms with van der Waals surface area (Å²) in [5.41, 5.74) is 3.26. The molecule has 0 heterocycles. The van der Waals surface area contributed by atoms with Gasteiger partial charge < -0.3 is 15.2 Å². The Hall–Kier alpha value is -1.22. The number of rotatable bonds is 5. The van der Waals surface area contributed by atoms with Gasteiger partial charge in [-0.2, -0.15) is 0 Å². The first-order valence-corrected chi connectivity index (χ1v) is 5.89. The van der Waals surface area contributed by atoms with Crippen molar-refractivity contribution in [3.63, 3.8) is 0 Å². The lowest BCUT2D eigenvalue weighted by atomic mass is 9.94. The molecule has 3 heteroatoms. The summed E-state index contributed by atoms with van der Waals surface area (Å²) in [6.07, 6.45) is 0. The van der Waals surface area contributed by atoms with E-state index in [-0.39, 0.29) is 12.0 Å². The lowest BCUT2D eigenvalue weighted by Gasteiger charge is -2.23. The molecule has 1 rings (SSSR count). The average Bonchev–Trinajstić information content (AvgIpc) is 2.29. The molecule has 0 aliphatic rings. The van der Waals surface area contributed by atoms with Gasteiger partial charge in [0.1, 0.15) is 5.75 Å². The molecule has 0 amide bonds. The molecule has 0 aliphatic heterocycles. The van der Waals surface area contributed by atoms with Crippen LogP contribution in [-0.4, -0.2) is 25.4 Å². The summed E-state index contributed by atoms with van der Waals surface area (Å²) >= 11 is 0. The predicted molar refractivity (Wildman–Crippen MR) is 71.8 cm³/mol. The molecule has 0 saturated heterocycles. The fourth-order valence-electron chi connectivity index (χ4n) is 1.59. The van der Waals surface area contributed by atoms with Crippen molar-refractivity contribution in [3.8, 4) is 5.75 Å². The van der Waals surface area contributed by atoms with Crippen LogP contribution in [0.1, 0.15) is 25.0 Å². The zero-order chi connectivity index (χ0) is 13.1. The van der Waals surface area contributed by atoms with Crippen LogP contribution in [0.3, 0.4) is 0 Å². The van der Waals surface area contributed by atoms with Crippen LogP contribution in [-0.2, 0) is 0 Å². The standard InChI is InChI=1S/C14H23NO2/c1-10-7-13(17-5)11(2)6-12(10)15-8-14(3,4)9-16/h6-7,15-16H,8-9H2,1-5H3. The zero-order valence-electron chi connectivity index (χ0n) is 11.4. The molecule has 2 N–H and O–H groups in total. The van der Waals surface area contributed by atoms with Crippen molar-refractivity contribution in [2.45, 2.75) is 27.7 Å². The number of hydrogen-bond donors (Lipinski definition) is 2. The van der Waals surface area contributed by atoms with Crippen molar-refractivity contribution in [3.05, 3.63) is 23.3 Å². The number of aliphatic hydroxyl groups is 1. The molecule has 17 heavy (non-hydrogen) atoms. The number of anilines is 1. The minimum Gasteiger partial charge on any atom is -0.496 e. The molecule has 0 spiro atoms. The summed E-state index contributed by atoms with van der Waals surface area (Å²) in [6.45, 7) is 9.07. The number of hydrogen-bond acceptors (Lipinski definition) is 3. The quantitative estimate of drug-likeness (QED) is 0.827. The van der Waals surface area contributed by atoms with Gasteiger partial charge in [-0.25, -0.2) is 0 Å². The minimum atomic E-state index is -0.111. The highest BCUT2D eigenvalue weighted by Gasteiger charge is 2.16. The van der Waals surface area contributed by atoms with Gasteiger partial charge in [-0.1, -0.05) is 13.8 Å². The van der Waals surface area contributed by atoms with E-state index in [9.17, 15) is 5.11 Å². The topological polar surface area (TPSA) is 41.5 Å². The van der Waals surface area contributed by atoms with Gasteiger partial charge in [-0.3, -0.25) is 0 Å². The largest absolute Gasteiger partial charge is 0.496 e.